The van der Waals surface area contributed by atoms with E-state index in [4.69, 9.17) is 14.7 Å². The zero-order chi connectivity index (χ0) is 18.8. The van der Waals surface area contributed by atoms with Crippen molar-refractivity contribution in [3.05, 3.63) is 65.2 Å². The minimum Gasteiger partial charge on any atom is -0.493 e. The van der Waals surface area contributed by atoms with Gasteiger partial charge in [0.05, 0.1) is 7.11 Å². The molecule has 0 radical (unpaired) electrons. The third-order valence-corrected chi connectivity index (χ3v) is 3.45. The normalized spacial score (nSPS) is 10.3. The van der Waals surface area contributed by atoms with Gasteiger partial charge in [0.1, 0.15) is 17.7 Å². The first-order valence-corrected chi connectivity index (χ1v) is 7.79. The van der Waals surface area contributed by atoms with E-state index in [1.54, 1.807) is 18.2 Å². The second-order valence-corrected chi connectivity index (χ2v) is 5.20. The summed E-state index contributed by atoms with van der Waals surface area (Å²) in [5.41, 5.74) is 1.53. The predicted octanol–water partition coefficient (Wildman–Crippen LogP) is 2.82. The van der Waals surface area contributed by atoms with E-state index in [1.807, 2.05) is 42.5 Å². The summed E-state index contributed by atoms with van der Waals surface area (Å²) >= 11 is 0. The Bertz CT molecular complexity index is 877. The van der Waals surface area contributed by atoms with Gasteiger partial charge < -0.3 is 14.8 Å². The zero-order valence-corrected chi connectivity index (χ0v) is 14.2. The van der Waals surface area contributed by atoms with Crippen LogP contribution in [-0.4, -0.2) is 19.6 Å². The van der Waals surface area contributed by atoms with Crippen molar-refractivity contribution in [2.75, 3.05) is 13.7 Å². The Morgan fingerprint density at radius 3 is 2.58 bits per heavy atom. The van der Waals surface area contributed by atoms with E-state index in [0.717, 1.165) is 5.56 Å². The van der Waals surface area contributed by atoms with E-state index in [2.05, 4.69) is 5.32 Å². The molecular formula is C20H17N3O3. The number of hydrogen-bond donors (Lipinski definition) is 1. The number of ether oxygens (including phenoxy) is 2. The summed E-state index contributed by atoms with van der Waals surface area (Å²) in [6, 6.07) is 18.2. The number of nitrogens with one attached hydrogen (secondary N) is 1. The average Bonchev–Trinajstić information content (AvgIpc) is 2.69. The second-order valence-electron chi connectivity index (χ2n) is 5.20. The second kappa shape index (κ2) is 9.51. The van der Waals surface area contributed by atoms with Crippen molar-refractivity contribution in [3.63, 3.8) is 0 Å². The number of nitrogens with zero attached hydrogens (tertiary/aromatic N) is 2. The molecule has 130 valence electrons. The molecule has 0 aliphatic heterocycles. The predicted molar refractivity (Wildman–Crippen MR) is 96.0 cm³/mol. The summed E-state index contributed by atoms with van der Waals surface area (Å²) in [5, 5.41) is 20.6. The Kier molecular flexibility index (Phi) is 6.79. The average molecular weight is 347 g/mol. The summed E-state index contributed by atoms with van der Waals surface area (Å²) < 4.78 is 10.5. The first-order chi connectivity index (χ1) is 12.7. The van der Waals surface area contributed by atoms with Crippen molar-refractivity contribution in [3.8, 4) is 23.6 Å². The van der Waals surface area contributed by atoms with Gasteiger partial charge in [0.25, 0.3) is 5.91 Å². The Morgan fingerprint density at radius 2 is 1.92 bits per heavy atom. The maximum atomic E-state index is 12.2. The highest BCUT2D eigenvalue weighted by Crippen LogP contribution is 2.28. The molecule has 6 heteroatoms. The van der Waals surface area contributed by atoms with Crippen LogP contribution in [-0.2, 0) is 11.3 Å². The van der Waals surface area contributed by atoms with Crippen LogP contribution in [0.5, 0.6) is 11.5 Å². The lowest BCUT2D eigenvalue weighted by Crippen LogP contribution is -2.23. The van der Waals surface area contributed by atoms with Crippen LogP contribution < -0.4 is 14.8 Å². The zero-order valence-electron chi connectivity index (χ0n) is 14.2. The van der Waals surface area contributed by atoms with Crippen molar-refractivity contribution in [1.82, 2.24) is 5.32 Å². The lowest BCUT2D eigenvalue weighted by molar-refractivity contribution is -0.117. The summed E-state index contributed by atoms with van der Waals surface area (Å²) in [5.74, 6) is 0.370. The largest absolute Gasteiger partial charge is 0.493 e. The molecule has 1 N–H and O–H groups in total. The van der Waals surface area contributed by atoms with Gasteiger partial charge in [0, 0.05) is 6.54 Å². The molecule has 0 saturated heterocycles. The van der Waals surface area contributed by atoms with Gasteiger partial charge in [-0.25, -0.2) is 0 Å². The first kappa shape index (κ1) is 18.6. The van der Waals surface area contributed by atoms with E-state index >= 15 is 0 Å². The number of carbonyl (C=O) groups is 1. The molecule has 0 unspecified atom stereocenters. The van der Waals surface area contributed by atoms with Crippen LogP contribution in [0.15, 0.2) is 54.1 Å². The molecular weight excluding hydrogens is 330 g/mol. The highest BCUT2D eigenvalue weighted by molar-refractivity contribution is 6.01. The topological polar surface area (TPSA) is 95.1 Å². The van der Waals surface area contributed by atoms with Crippen LogP contribution in [0.2, 0.25) is 0 Å². The van der Waals surface area contributed by atoms with E-state index < -0.39 is 5.91 Å². The summed E-state index contributed by atoms with van der Waals surface area (Å²) in [4.78, 5) is 12.2. The highest BCUT2D eigenvalue weighted by Gasteiger charge is 2.10. The molecule has 0 atom stereocenters. The summed E-state index contributed by atoms with van der Waals surface area (Å²) in [7, 11) is 1.47. The number of carbonyl (C=O) groups excluding carboxylic acids is 1. The third kappa shape index (κ3) is 5.12. The highest BCUT2D eigenvalue weighted by atomic mass is 16.5. The fraction of sp³-hybridized carbons (Fsp3) is 0.150. The smallest absolute Gasteiger partial charge is 0.262 e. The van der Waals surface area contributed by atoms with Gasteiger partial charge in [-0.1, -0.05) is 36.4 Å². The Hall–Kier alpha value is -3.77. The molecule has 0 fully saturated rings. The Morgan fingerprint density at radius 1 is 1.15 bits per heavy atom. The van der Waals surface area contributed by atoms with Gasteiger partial charge in [-0.05, 0) is 29.3 Å². The maximum absolute atomic E-state index is 12.2. The monoisotopic (exact) mass is 347 g/mol. The summed E-state index contributed by atoms with van der Waals surface area (Å²) in [6.45, 7) is 0.236. The van der Waals surface area contributed by atoms with E-state index in [1.165, 1.54) is 13.2 Å². The molecule has 6 nitrogen and oxygen atoms in total. The van der Waals surface area contributed by atoms with Crippen LogP contribution >= 0.6 is 0 Å². The van der Waals surface area contributed by atoms with Crippen LogP contribution in [0.4, 0.5) is 0 Å². The molecule has 0 heterocycles. The lowest BCUT2D eigenvalue weighted by Gasteiger charge is -2.09. The molecule has 0 spiro atoms. The van der Waals surface area contributed by atoms with Crippen molar-refractivity contribution in [2.45, 2.75) is 6.54 Å². The van der Waals surface area contributed by atoms with Crippen LogP contribution in [0, 0.1) is 22.7 Å². The van der Waals surface area contributed by atoms with Crippen molar-refractivity contribution < 1.29 is 14.3 Å². The van der Waals surface area contributed by atoms with Gasteiger partial charge in [-0.15, -0.1) is 0 Å². The molecule has 0 aliphatic carbocycles. The standard InChI is InChI=1S/C20H17N3O3/c1-25-19-12-16(7-8-18(19)26-10-9-21)11-17(13-22)20(24)23-14-15-5-3-2-4-6-15/h2-8,11-12H,10,14H2,1H3,(H,23,24)/b17-11-. The number of hydrogen-bond acceptors (Lipinski definition) is 5. The van der Waals surface area contributed by atoms with Crippen molar-refractivity contribution in [1.29, 1.82) is 10.5 Å². The van der Waals surface area contributed by atoms with Crippen LogP contribution in [0.3, 0.4) is 0 Å². The molecule has 26 heavy (non-hydrogen) atoms. The number of methoxy groups -OCH3 is 1. The Balaban J connectivity index is 2.13. The quantitative estimate of drug-likeness (QED) is 0.614. The SMILES string of the molecule is COc1cc(/C=C(/C#N)C(=O)NCc2ccccc2)ccc1OCC#N. The number of rotatable bonds is 7. The third-order valence-electron chi connectivity index (χ3n) is 3.45. The molecule has 0 bridgehead atoms. The van der Waals surface area contributed by atoms with E-state index in [-0.39, 0.29) is 12.2 Å². The summed E-state index contributed by atoms with van der Waals surface area (Å²) in [6.07, 6.45) is 1.47. The fourth-order valence-electron chi connectivity index (χ4n) is 2.19. The molecule has 2 rings (SSSR count). The van der Waals surface area contributed by atoms with Gasteiger partial charge in [-0.2, -0.15) is 10.5 Å². The van der Waals surface area contributed by atoms with Crippen LogP contribution in [0.1, 0.15) is 11.1 Å². The number of amides is 1. The van der Waals surface area contributed by atoms with Gasteiger partial charge in [0.2, 0.25) is 0 Å². The maximum Gasteiger partial charge on any atom is 0.262 e. The number of benzene rings is 2. The minimum absolute atomic E-state index is 0.0197. The molecule has 2 aromatic rings. The van der Waals surface area contributed by atoms with E-state index in [9.17, 15) is 10.1 Å². The van der Waals surface area contributed by atoms with Crippen molar-refractivity contribution >= 4 is 12.0 Å². The van der Waals surface area contributed by atoms with Gasteiger partial charge in [0.15, 0.2) is 18.1 Å². The molecule has 0 aromatic heterocycles. The van der Waals surface area contributed by atoms with Crippen molar-refractivity contribution in [2.24, 2.45) is 0 Å². The lowest BCUT2D eigenvalue weighted by atomic mass is 10.1. The molecule has 2 aromatic carbocycles. The Labute approximate surface area is 151 Å². The van der Waals surface area contributed by atoms with Gasteiger partial charge in [-0.3, -0.25) is 4.79 Å². The van der Waals surface area contributed by atoms with E-state index in [0.29, 0.717) is 23.6 Å². The fourth-order valence-corrected chi connectivity index (χ4v) is 2.19. The first-order valence-electron chi connectivity index (χ1n) is 7.79. The van der Waals surface area contributed by atoms with Gasteiger partial charge >= 0.3 is 0 Å². The molecule has 1 amide bonds. The van der Waals surface area contributed by atoms with Crippen LogP contribution in [0.25, 0.3) is 6.08 Å². The minimum atomic E-state index is -0.458. The molecule has 0 aliphatic rings. The molecule has 0 saturated carbocycles. The number of nitriles is 2.